The number of unbranched alkanes of at least 4 members (excludes halogenated alkanes) is 2. The largest absolute Gasteiger partial charge is 0.550 e. The molecule has 0 aromatic rings. The molecule has 3 saturated carbocycles. The summed E-state index contributed by atoms with van der Waals surface area (Å²) in [5.74, 6) is -0.783. The van der Waals surface area contributed by atoms with Gasteiger partial charge >= 0.3 is 0 Å². The maximum atomic E-state index is 11.2. The molecule has 0 radical (unpaired) electrons. The Morgan fingerprint density at radius 3 is 2.06 bits per heavy atom. The van der Waals surface area contributed by atoms with E-state index in [0.717, 1.165) is 38.5 Å². The Morgan fingerprint density at radius 2 is 1.62 bits per heavy atom. The monoisotopic (exact) mass is 223 g/mol. The van der Waals surface area contributed by atoms with E-state index >= 15 is 0 Å². The van der Waals surface area contributed by atoms with Crippen molar-refractivity contribution in [3.8, 4) is 0 Å². The summed E-state index contributed by atoms with van der Waals surface area (Å²) < 4.78 is 0. The van der Waals surface area contributed by atoms with Crippen molar-refractivity contribution in [3.05, 3.63) is 0 Å². The first-order chi connectivity index (χ1) is 7.63. The average molecular weight is 223 g/mol. The van der Waals surface area contributed by atoms with Crippen molar-refractivity contribution in [1.29, 1.82) is 0 Å². The highest BCUT2D eigenvalue weighted by Gasteiger charge is 2.48. The molecule has 3 fully saturated rings. The molecule has 0 amide bonds. The SMILES string of the molecule is CCCCCC12CCC(C(=O)[O-])(CC1)CC2. The summed E-state index contributed by atoms with van der Waals surface area (Å²) in [5, 5.41) is 11.2. The number of rotatable bonds is 5. The summed E-state index contributed by atoms with van der Waals surface area (Å²) in [6.45, 7) is 2.24. The van der Waals surface area contributed by atoms with Crippen molar-refractivity contribution in [1.82, 2.24) is 0 Å². The van der Waals surface area contributed by atoms with Gasteiger partial charge in [-0.3, -0.25) is 0 Å². The van der Waals surface area contributed by atoms with Crippen LogP contribution < -0.4 is 5.11 Å². The summed E-state index contributed by atoms with van der Waals surface area (Å²) in [7, 11) is 0. The minimum Gasteiger partial charge on any atom is -0.550 e. The van der Waals surface area contributed by atoms with Crippen LogP contribution in [0.2, 0.25) is 0 Å². The van der Waals surface area contributed by atoms with E-state index < -0.39 is 11.4 Å². The van der Waals surface area contributed by atoms with Crippen LogP contribution in [0.4, 0.5) is 0 Å². The fourth-order valence-electron chi connectivity index (χ4n) is 3.69. The first-order valence-electron chi connectivity index (χ1n) is 6.84. The molecule has 16 heavy (non-hydrogen) atoms. The molecule has 2 bridgehead atoms. The number of aliphatic carboxylic acids is 1. The Labute approximate surface area is 98.4 Å². The lowest BCUT2D eigenvalue weighted by atomic mass is 9.52. The van der Waals surface area contributed by atoms with E-state index in [-0.39, 0.29) is 0 Å². The van der Waals surface area contributed by atoms with Gasteiger partial charge in [-0.2, -0.15) is 0 Å². The standard InChI is InChI=1S/C14H24O2/c1-2-3-4-5-13-6-9-14(10-7-13,11-8-13)12(15)16/h2-11H2,1H3,(H,15,16)/p-1. The molecule has 0 N–H and O–H groups in total. The van der Waals surface area contributed by atoms with Crippen LogP contribution in [0.5, 0.6) is 0 Å². The molecule has 0 spiro atoms. The fraction of sp³-hybridized carbons (Fsp3) is 0.929. The molecule has 2 heteroatoms. The van der Waals surface area contributed by atoms with Gasteiger partial charge in [0.25, 0.3) is 0 Å². The molecule has 0 aliphatic heterocycles. The smallest absolute Gasteiger partial charge is 0.0476 e. The van der Waals surface area contributed by atoms with E-state index in [1.54, 1.807) is 0 Å². The first-order valence-corrected chi connectivity index (χ1v) is 6.84. The van der Waals surface area contributed by atoms with E-state index in [0.29, 0.717) is 5.41 Å². The van der Waals surface area contributed by atoms with Crippen LogP contribution in [0.25, 0.3) is 0 Å². The van der Waals surface area contributed by atoms with Gasteiger partial charge in [-0.15, -0.1) is 0 Å². The van der Waals surface area contributed by atoms with Crippen LogP contribution in [0.1, 0.15) is 71.1 Å². The topological polar surface area (TPSA) is 40.1 Å². The highest BCUT2D eigenvalue weighted by molar-refractivity contribution is 5.73. The number of hydrogen-bond donors (Lipinski definition) is 0. The second kappa shape index (κ2) is 4.38. The number of fused-ring (bicyclic) bond motifs is 3. The third kappa shape index (κ3) is 1.99. The van der Waals surface area contributed by atoms with Gasteiger partial charge in [0, 0.05) is 11.4 Å². The number of carbonyl (C=O) groups is 1. The lowest BCUT2D eigenvalue weighted by molar-refractivity contribution is -0.324. The quantitative estimate of drug-likeness (QED) is 0.672. The Morgan fingerprint density at radius 1 is 1.06 bits per heavy atom. The summed E-state index contributed by atoms with van der Waals surface area (Å²) in [6, 6.07) is 0. The second-order valence-corrected chi connectivity index (χ2v) is 6.02. The maximum Gasteiger partial charge on any atom is 0.0476 e. The Hall–Kier alpha value is -0.530. The van der Waals surface area contributed by atoms with Gasteiger partial charge in [0.15, 0.2) is 0 Å². The minimum atomic E-state index is -0.783. The summed E-state index contributed by atoms with van der Waals surface area (Å²) in [6.07, 6.45) is 11.3. The predicted octanol–water partition coefficient (Wildman–Crippen LogP) is 2.66. The van der Waals surface area contributed by atoms with Crippen LogP contribution in [0.15, 0.2) is 0 Å². The molecule has 2 nitrogen and oxygen atoms in total. The highest BCUT2D eigenvalue weighted by Crippen LogP contribution is 2.58. The van der Waals surface area contributed by atoms with Crippen molar-refractivity contribution in [3.63, 3.8) is 0 Å². The maximum absolute atomic E-state index is 11.2. The number of carboxylic acid groups (broad SMARTS) is 1. The molecule has 0 atom stereocenters. The van der Waals surface area contributed by atoms with E-state index in [4.69, 9.17) is 0 Å². The Kier molecular flexibility index (Phi) is 3.27. The molecule has 0 heterocycles. The third-order valence-corrected chi connectivity index (χ3v) is 5.15. The van der Waals surface area contributed by atoms with Crippen molar-refractivity contribution in [2.45, 2.75) is 71.1 Å². The summed E-state index contributed by atoms with van der Waals surface area (Å²) in [4.78, 5) is 11.2. The Bertz CT molecular complexity index is 245. The minimum absolute atomic E-state index is 0.438. The van der Waals surface area contributed by atoms with Crippen LogP contribution in [0, 0.1) is 10.8 Å². The molecule has 0 aromatic heterocycles. The van der Waals surface area contributed by atoms with Crippen molar-refractivity contribution in [2.75, 3.05) is 0 Å². The molecule has 0 unspecified atom stereocenters. The van der Waals surface area contributed by atoms with Crippen LogP contribution in [-0.2, 0) is 4.79 Å². The lowest BCUT2D eigenvalue weighted by Crippen LogP contribution is -2.51. The van der Waals surface area contributed by atoms with E-state index in [9.17, 15) is 9.90 Å². The number of hydrogen-bond acceptors (Lipinski definition) is 2. The molecule has 3 aliphatic carbocycles. The zero-order valence-corrected chi connectivity index (χ0v) is 10.4. The zero-order chi connectivity index (χ0) is 11.6. The van der Waals surface area contributed by atoms with E-state index in [1.807, 2.05) is 0 Å². The molecule has 3 aliphatic rings. The second-order valence-electron chi connectivity index (χ2n) is 6.02. The fourth-order valence-corrected chi connectivity index (χ4v) is 3.69. The molecule has 92 valence electrons. The van der Waals surface area contributed by atoms with Gasteiger partial charge in [-0.05, 0) is 50.4 Å². The number of carbonyl (C=O) groups excluding carboxylic acids is 1. The van der Waals surface area contributed by atoms with Gasteiger partial charge in [0.05, 0.1) is 0 Å². The Balaban J connectivity index is 1.92. The van der Waals surface area contributed by atoms with E-state index in [2.05, 4.69) is 6.92 Å². The average Bonchev–Trinajstić information content (AvgIpc) is 2.31. The first kappa shape index (κ1) is 11.9. The van der Waals surface area contributed by atoms with Gasteiger partial charge in [-0.1, -0.05) is 26.2 Å². The highest BCUT2D eigenvalue weighted by atomic mass is 16.4. The van der Waals surface area contributed by atoms with Gasteiger partial charge in [0.2, 0.25) is 0 Å². The van der Waals surface area contributed by atoms with Crippen LogP contribution in [0.3, 0.4) is 0 Å². The lowest BCUT2D eigenvalue weighted by Gasteiger charge is -2.54. The summed E-state index contributed by atoms with van der Waals surface area (Å²) in [5.41, 5.74) is 0.0683. The molecule has 0 aromatic carbocycles. The molecular weight excluding hydrogens is 200 g/mol. The molecule has 0 saturated heterocycles. The van der Waals surface area contributed by atoms with Gasteiger partial charge < -0.3 is 9.90 Å². The van der Waals surface area contributed by atoms with E-state index in [1.165, 1.54) is 25.7 Å². The van der Waals surface area contributed by atoms with Crippen molar-refractivity contribution < 1.29 is 9.90 Å². The van der Waals surface area contributed by atoms with Crippen molar-refractivity contribution >= 4 is 5.97 Å². The van der Waals surface area contributed by atoms with Gasteiger partial charge in [0.1, 0.15) is 0 Å². The molecular formula is C14H23O2-. The number of carboxylic acids is 1. The van der Waals surface area contributed by atoms with Crippen molar-refractivity contribution in [2.24, 2.45) is 10.8 Å². The predicted molar refractivity (Wildman–Crippen MR) is 61.7 cm³/mol. The van der Waals surface area contributed by atoms with Crippen LogP contribution in [-0.4, -0.2) is 5.97 Å². The van der Waals surface area contributed by atoms with Gasteiger partial charge in [-0.25, -0.2) is 0 Å². The van der Waals surface area contributed by atoms with Crippen LogP contribution >= 0.6 is 0 Å². The summed E-state index contributed by atoms with van der Waals surface area (Å²) >= 11 is 0. The normalized spacial score (nSPS) is 37.6. The third-order valence-electron chi connectivity index (χ3n) is 5.15. The zero-order valence-electron chi connectivity index (χ0n) is 10.4. The molecule has 3 rings (SSSR count).